The second kappa shape index (κ2) is 10.3. The Hall–Kier alpha value is -0.900. The largest absolute Gasteiger partial charge is 0.492 e. The summed E-state index contributed by atoms with van der Waals surface area (Å²) < 4.78 is 43.6. The van der Waals surface area contributed by atoms with Crippen LogP contribution in [0.3, 0.4) is 0 Å². The van der Waals surface area contributed by atoms with E-state index in [4.69, 9.17) is 25.8 Å². The lowest BCUT2D eigenvalue weighted by Gasteiger charge is -2.15. The Morgan fingerprint density at radius 1 is 1.32 bits per heavy atom. The van der Waals surface area contributed by atoms with Crippen LogP contribution in [0.25, 0.3) is 0 Å². The van der Waals surface area contributed by atoms with Gasteiger partial charge in [0.1, 0.15) is 10.6 Å². The van der Waals surface area contributed by atoms with Crippen molar-refractivity contribution in [3.05, 3.63) is 23.2 Å². The SMILES string of the molecule is COCCNCCNS(=O)(=O)c1cc(Cl)ccc1OCC1CCOC1. The van der Waals surface area contributed by atoms with E-state index < -0.39 is 10.0 Å². The van der Waals surface area contributed by atoms with Crippen LogP contribution in [0.1, 0.15) is 6.42 Å². The van der Waals surface area contributed by atoms with Crippen molar-refractivity contribution >= 4 is 21.6 Å². The maximum atomic E-state index is 12.6. The van der Waals surface area contributed by atoms with Crippen LogP contribution in [-0.2, 0) is 19.5 Å². The molecule has 142 valence electrons. The van der Waals surface area contributed by atoms with E-state index >= 15 is 0 Å². The van der Waals surface area contributed by atoms with Gasteiger partial charge in [0.05, 0.1) is 19.8 Å². The van der Waals surface area contributed by atoms with Crippen LogP contribution in [0.4, 0.5) is 0 Å². The van der Waals surface area contributed by atoms with Crippen LogP contribution in [0.5, 0.6) is 5.75 Å². The van der Waals surface area contributed by atoms with Crippen molar-refractivity contribution < 1.29 is 22.6 Å². The number of hydrogen-bond acceptors (Lipinski definition) is 6. The average Bonchev–Trinajstić information content (AvgIpc) is 3.10. The zero-order valence-electron chi connectivity index (χ0n) is 14.3. The Balaban J connectivity index is 1.95. The number of nitrogens with one attached hydrogen (secondary N) is 2. The molecule has 1 unspecified atom stereocenters. The van der Waals surface area contributed by atoms with Crippen LogP contribution in [0, 0.1) is 5.92 Å². The highest BCUT2D eigenvalue weighted by atomic mass is 35.5. The molecule has 1 saturated heterocycles. The van der Waals surface area contributed by atoms with Crippen molar-refractivity contribution in [1.82, 2.24) is 10.0 Å². The van der Waals surface area contributed by atoms with Crippen molar-refractivity contribution in [3.8, 4) is 5.75 Å². The molecule has 25 heavy (non-hydrogen) atoms. The van der Waals surface area contributed by atoms with Crippen LogP contribution in [0.2, 0.25) is 5.02 Å². The highest BCUT2D eigenvalue weighted by Crippen LogP contribution is 2.28. The molecule has 9 heteroatoms. The Morgan fingerprint density at radius 2 is 2.16 bits per heavy atom. The molecule has 1 aromatic rings. The molecule has 1 atom stereocenters. The van der Waals surface area contributed by atoms with Crippen molar-refractivity contribution in [3.63, 3.8) is 0 Å². The standard InChI is InChI=1S/C16H25ClN2O5S/c1-22-9-7-18-5-6-19-25(20,21)16-10-14(17)2-3-15(16)24-12-13-4-8-23-11-13/h2-3,10,13,18-19H,4-9,11-12H2,1H3. The van der Waals surface area contributed by atoms with Gasteiger partial charge >= 0.3 is 0 Å². The molecular formula is C16H25ClN2O5S. The first kappa shape index (κ1) is 20.4. The summed E-state index contributed by atoms with van der Waals surface area (Å²) in [5.74, 6) is 0.584. The van der Waals surface area contributed by atoms with Gasteiger partial charge in [0.15, 0.2) is 0 Å². The van der Waals surface area contributed by atoms with Crippen LogP contribution >= 0.6 is 11.6 Å². The van der Waals surface area contributed by atoms with E-state index in [9.17, 15) is 8.42 Å². The summed E-state index contributed by atoms with van der Waals surface area (Å²) in [5.41, 5.74) is 0. The molecule has 1 heterocycles. The number of sulfonamides is 1. The lowest BCUT2D eigenvalue weighted by molar-refractivity contribution is 0.166. The predicted molar refractivity (Wildman–Crippen MR) is 95.8 cm³/mol. The molecular weight excluding hydrogens is 368 g/mol. The van der Waals surface area contributed by atoms with Gasteiger partial charge in [-0.2, -0.15) is 0 Å². The van der Waals surface area contributed by atoms with E-state index in [-0.39, 0.29) is 17.4 Å². The van der Waals surface area contributed by atoms with Gasteiger partial charge in [-0.25, -0.2) is 13.1 Å². The van der Waals surface area contributed by atoms with Crippen molar-refractivity contribution in [1.29, 1.82) is 0 Å². The van der Waals surface area contributed by atoms with Gasteiger partial charge in [-0.05, 0) is 24.6 Å². The second-order valence-corrected chi connectivity index (χ2v) is 7.94. The van der Waals surface area contributed by atoms with Crippen molar-refractivity contribution in [2.24, 2.45) is 5.92 Å². The van der Waals surface area contributed by atoms with E-state index in [0.29, 0.717) is 43.7 Å². The summed E-state index contributed by atoms with van der Waals surface area (Å²) in [4.78, 5) is 0.0517. The molecule has 0 spiro atoms. The van der Waals surface area contributed by atoms with E-state index in [2.05, 4.69) is 10.0 Å². The Labute approximate surface area is 154 Å². The summed E-state index contributed by atoms with van der Waals surface area (Å²) in [6.45, 7) is 3.77. The summed E-state index contributed by atoms with van der Waals surface area (Å²) in [6.07, 6.45) is 0.918. The molecule has 0 aliphatic carbocycles. The molecule has 1 fully saturated rings. The van der Waals surface area contributed by atoms with Gasteiger partial charge in [0.25, 0.3) is 0 Å². The maximum absolute atomic E-state index is 12.6. The van der Waals surface area contributed by atoms with Crippen molar-refractivity contribution in [2.75, 3.05) is 53.2 Å². The third kappa shape index (κ3) is 6.73. The summed E-state index contributed by atoms with van der Waals surface area (Å²) in [5, 5.41) is 3.42. The highest BCUT2D eigenvalue weighted by molar-refractivity contribution is 7.89. The quantitative estimate of drug-likeness (QED) is 0.551. The smallest absolute Gasteiger partial charge is 0.244 e. The van der Waals surface area contributed by atoms with Gasteiger partial charge in [-0.3, -0.25) is 0 Å². The van der Waals surface area contributed by atoms with Crippen LogP contribution in [0.15, 0.2) is 23.1 Å². The Morgan fingerprint density at radius 3 is 2.88 bits per heavy atom. The number of benzene rings is 1. The molecule has 0 aromatic heterocycles. The minimum Gasteiger partial charge on any atom is -0.492 e. The fourth-order valence-corrected chi connectivity index (χ4v) is 3.82. The first-order valence-electron chi connectivity index (χ1n) is 8.22. The molecule has 7 nitrogen and oxygen atoms in total. The zero-order valence-corrected chi connectivity index (χ0v) is 15.9. The number of ether oxygens (including phenoxy) is 3. The van der Waals surface area contributed by atoms with E-state index in [1.807, 2.05) is 0 Å². The van der Waals surface area contributed by atoms with E-state index in [1.54, 1.807) is 19.2 Å². The van der Waals surface area contributed by atoms with Crippen LogP contribution < -0.4 is 14.8 Å². The average molecular weight is 393 g/mol. The zero-order chi connectivity index (χ0) is 18.1. The van der Waals surface area contributed by atoms with E-state index in [1.165, 1.54) is 6.07 Å². The van der Waals surface area contributed by atoms with Gasteiger partial charge < -0.3 is 19.5 Å². The van der Waals surface area contributed by atoms with Gasteiger partial charge in [-0.15, -0.1) is 0 Å². The monoisotopic (exact) mass is 392 g/mol. The molecule has 0 radical (unpaired) electrons. The van der Waals surface area contributed by atoms with Gasteiger partial charge in [-0.1, -0.05) is 11.6 Å². The lowest BCUT2D eigenvalue weighted by Crippen LogP contribution is -2.33. The fraction of sp³-hybridized carbons (Fsp3) is 0.625. The first-order chi connectivity index (χ1) is 12.0. The minimum atomic E-state index is -3.71. The molecule has 0 amide bonds. The Bertz CT molecular complexity index is 635. The predicted octanol–water partition coefficient (Wildman–Crippen LogP) is 1.27. The first-order valence-corrected chi connectivity index (χ1v) is 10.1. The third-order valence-electron chi connectivity index (χ3n) is 3.77. The molecule has 2 rings (SSSR count). The van der Waals surface area contributed by atoms with E-state index in [0.717, 1.165) is 13.0 Å². The van der Waals surface area contributed by atoms with Gasteiger partial charge in [0.2, 0.25) is 10.0 Å². The van der Waals surface area contributed by atoms with Gasteiger partial charge in [0, 0.05) is 44.3 Å². The summed E-state index contributed by atoms with van der Waals surface area (Å²) in [7, 11) is -2.10. The number of methoxy groups -OCH3 is 1. The molecule has 1 aliphatic heterocycles. The molecule has 0 saturated carbocycles. The molecule has 1 aromatic carbocycles. The summed E-state index contributed by atoms with van der Waals surface area (Å²) in [6, 6.07) is 4.61. The molecule has 0 bridgehead atoms. The number of hydrogen-bond donors (Lipinski definition) is 2. The van der Waals surface area contributed by atoms with Crippen LogP contribution in [-0.4, -0.2) is 61.6 Å². The lowest BCUT2D eigenvalue weighted by atomic mass is 10.1. The normalized spacial score (nSPS) is 17.8. The minimum absolute atomic E-state index is 0.0517. The number of halogens is 1. The topological polar surface area (TPSA) is 85.9 Å². The second-order valence-electron chi connectivity index (χ2n) is 5.77. The Kier molecular flexibility index (Phi) is 8.41. The third-order valence-corrected chi connectivity index (χ3v) is 5.49. The molecule has 1 aliphatic rings. The molecule has 2 N–H and O–H groups in total. The maximum Gasteiger partial charge on any atom is 0.244 e. The summed E-state index contributed by atoms with van der Waals surface area (Å²) >= 11 is 5.97. The van der Waals surface area contributed by atoms with Crippen molar-refractivity contribution in [2.45, 2.75) is 11.3 Å². The number of rotatable bonds is 11. The highest BCUT2D eigenvalue weighted by Gasteiger charge is 2.22. The fourth-order valence-electron chi connectivity index (χ4n) is 2.38.